The minimum Gasteiger partial charge on any atom is -0.478 e. The zero-order valence-corrected chi connectivity index (χ0v) is 10.1. The molecule has 0 rings (SSSR count). The van der Waals surface area contributed by atoms with E-state index in [2.05, 4.69) is 18.7 Å². The second-order valence-corrected chi connectivity index (χ2v) is 3.12. The van der Waals surface area contributed by atoms with E-state index in [1.165, 1.54) is 0 Å². The highest BCUT2D eigenvalue weighted by Gasteiger charge is 2.09. The third kappa shape index (κ3) is 5.25. The SMILES string of the molecule is CCN(CC)C(C)/C=C(\C)C(=O)O.Cl. The van der Waals surface area contributed by atoms with Gasteiger partial charge in [-0.3, -0.25) is 4.90 Å². The van der Waals surface area contributed by atoms with Crippen molar-refractivity contribution in [3.8, 4) is 0 Å². The van der Waals surface area contributed by atoms with E-state index in [1.54, 1.807) is 13.0 Å². The van der Waals surface area contributed by atoms with Gasteiger partial charge < -0.3 is 5.11 Å². The molecule has 14 heavy (non-hydrogen) atoms. The summed E-state index contributed by atoms with van der Waals surface area (Å²) in [5.74, 6) is -0.834. The van der Waals surface area contributed by atoms with Crippen LogP contribution in [0.25, 0.3) is 0 Å². The summed E-state index contributed by atoms with van der Waals surface area (Å²) in [6.45, 7) is 9.68. The van der Waals surface area contributed by atoms with E-state index >= 15 is 0 Å². The normalized spacial score (nSPS) is 13.6. The molecule has 0 fully saturated rings. The molecule has 0 aromatic carbocycles. The van der Waals surface area contributed by atoms with Gasteiger partial charge in [0.15, 0.2) is 0 Å². The molecule has 0 aliphatic rings. The third-order valence-electron chi connectivity index (χ3n) is 2.22. The number of carbonyl (C=O) groups is 1. The zero-order valence-electron chi connectivity index (χ0n) is 9.28. The highest BCUT2D eigenvalue weighted by molar-refractivity contribution is 5.86. The van der Waals surface area contributed by atoms with Crippen molar-refractivity contribution >= 4 is 18.4 Å². The number of nitrogens with zero attached hydrogens (tertiary/aromatic N) is 1. The first-order chi connectivity index (χ1) is 6.02. The fourth-order valence-corrected chi connectivity index (χ4v) is 1.34. The lowest BCUT2D eigenvalue weighted by atomic mass is 10.2. The summed E-state index contributed by atoms with van der Waals surface area (Å²) >= 11 is 0. The van der Waals surface area contributed by atoms with E-state index in [-0.39, 0.29) is 18.4 Å². The molecule has 1 N–H and O–H groups in total. The van der Waals surface area contributed by atoms with Gasteiger partial charge in [0.25, 0.3) is 0 Å². The predicted molar refractivity (Wildman–Crippen MR) is 61.0 cm³/mol. The maximum atomic E-state index is 10.5. The van der Waals surface area contributed by atoms with E-state index in [0.717, 1.165) is 13.1 Å². The van der Waals surface area contributed by atoms with Crippen LogP contribution in [0, 0.1) is 0 Å². The standard InChI is InChI=1S/C10H19NO2.ClH/c1-5-11(6-2)9(4)7-8(3)10(12)13;/h7,9H,5-6H2,1-4H3,(H,12,13);1H/b8-7+;. The van der Waals surface area contributed by atoms with E-state index in [1.807, 2.05) is 6.92 Å². The minimum atomic E-state index is -0.834. The van der Waals surface area contributed by atoms with Gasteiger partial charge in [0.2, 0.25) is 0 Å². The molecule has 0 bridgehead atoms. The highest BCUT2D eigenvalue weighted by Crippen LogP contribution is 2.03. The summed E-state index contributed by atoms with van der Waals surface area (Å²) < 4.78 is 0. The molecule has 0 aromatic heterocycles. The van der Waals surface area contributed by atoms with Crippen LogP contribution in [0.15, 0.2) is 11.6 Å². The van der Waals surface area contributed by atoms with Crippen LogP contribution in [0.2, 0.25) is 0 Å². The Morgan fingerprint density at radius 1 is 1.43 bits per heavy atom. The molecule has 1 unspecified atom stereocenters. The molecule has 3 nitrogen and oxygen atoms in total. The average Bonchev–Trinajstić information content (AvgIpc) is 2.06. The molecule has 0 radical (unpaired) electrons. The van der Waals surface area contributed by atoms with Crippen molar-refractivity contribution in [1.82, 2.24) is 4.90 Å². The molecule has 0 amide bonds. The maximum absolute atomic E-state index is 10.5. The molecule has 0 aromatic rings. The lowest BCUT2D eigenvalue weighted by molar-refractivity contribution is -0.132. The van der Waals surface area contributed by atoms with Crippen LogP contribution >= 0.6 is 12.4 Å². The summed E-state index contributed by atoms with van der Waals surface area (Å²) in [7, 11) is 0. The van der Waals surface area contributed by atoms with Crippen molar-refractivity contribution in [3.05, 3.63) is 11.6 Å². The third-order valence-corrected chi connectivity index (χ3v) is 2.22. The van der Waals surface area contributed by atoms with Gasteiger partial charge in [-0.25, -0.2) is 4.79 Å². The monoisotopic (exact) mass is 221 g/mol. The minimum absolute atomic E-state index is 0. The van der Waals surface area contributed by atoms with Gasteiger partial charge in [-0.15, -0.1) is 12.4 Å². The smallest absolute Gasteiger partial charge is 0.331 e. The molecular weight excluding hydrogens is 202 g/mol. The fourth-order valence-electron chi connectivity index (χ4n) is 1.34. The molecule has 84 valence electrons. The molecule has 0 spiro atoms. The van der Waals surface area contributed by atoms with Crippen molar-refractivity contribution in [2.24, 2.45) is 0 Å². The Morgan fingerprint density at radius 3 is 2.14 bits per heavy atom. The summed E-state index contributed by atoms with van der Waals surface area (Å²) in [5, 5.41) is 8.67. The lowest BCUT2D eigenvalue weighted by Crippen LogP contribution is -2.31. The van der Waals surface area contributed by atoms with Crippen LogP contribution in [0.5, 0.6) is 0 Å². The lowest BCUT2D eigenvalue weighted by Gasteiger charge is -2.23. The van der Waals surface area contributed by atoms with E-state index in [9.17, 15) is 4.79 Å². The number of aliphatic carboxylic acids is 1. The van der Waals surface area contributed by atoms with Gasteiger partial charge in [-0.2, -0.15) is 0 Å². The van der Waals surface area contributed by atoms with Gasteiger partial charge in [0.1, 0.15) is 0 Å². The number of rotatable bonds is 5. The molecular formula is C10H20ClNO2. The first-order valence-electron chi connectivity index (χ1n) is 4.68. The van der Waals surface area contributed by atoms with Crippen LogP contribution in [0.1, 0.15) is 27.7 Å². The van der Waals surface area contributed by atoms with E-state index in [4.69, 9.17) is 5.11 Å². The van der Waals surface area contributed by atoms with Crippen molar-refractivity contribution < 1.29 is 9.90 Å². The summed E-state index contributed by atoms with van der Waals surface area (Å²) in [5.41, 5.74) is 0.416. The Kier molecular flexibility index (Phi) is 8.89. The van der Waals surface area contributed by atoms with Crippen LogP contribution in [-0.2, 0) is 4.79 Å². The Hall–Kier alpha value is -0.540. The van der Waals surface area contributed by atoms with Gasteiger partial charge in [0.05, 0.1) is 0 Å². The first kappa shape index (κ1) is 15.9. The Labute approximate surface area is 92.2 Å². The van der Waals surface area contributed by atoms with E-state index < -0.39 is 5.97 Å². The van der Waals surface area contributed by atoms with Crippen LogP contribution in [0.3, 0.4) is 0 Å². The predicted octanol–water partition coefficient (Wildman–Crippen LogP) is 2.17. The summed E-state index contributed by atoms with van der Waals surface area (Å²) in [6.07, 6.45) is 1.79. The van der Waals surface area contributed by atoms with Gasteiger partial charge in [-0.05, 0) is 26.9 Å². The summed E-state index contributed by atoms with van der Waals surface area (Å²) in [6, 6.07) is 0.200. The van der Waals surface area contributed by atoms with Crippen molar-refractivity contribution in [2.75, 3.05) is 13.1 Å². The Morgan fingerprint density at radius 2 is 1.86 bits per heavy atom. The Bertz CT molecular complexity index is 200. The number of hydrogen-bond acceptors (Lipinski definition) is 2. The number of carboxylic acid groups (broad SMARTS) is 1. The van der Waals surface area contributed by atoms with Gasteiger partial charge in [0, 0.05) is 11.6 Å². The van der Waals surface area contributed by atoms with Crippen LogP contribution in [0.4, 0.5) is 0 Å². The van der Waals surface area contributed by atoms with E-state index in [0.29, 0.717) is 5.57 Å². The maximum Gasteiger partial charge on any atom is 0.331 e. The zero-order chi connectivity index (χ0) is 10.4. The van der Waals surface area contributed by atoms with Crippen LogP contribution in [-0.4, -0.2) is 35.1 Å². The molecule has 0 aliphatic carbocycles. The average molecular weight is 222 g/mol. The van der Waals surface area contributed by atoms with Gasteiger partial charge >= 0.3 is 5.97 Å². The molecule has 1 atom stereocenters. The molecule has 0 saturated carbocycles. The van der Waals surface area contributed by atoms with Crippen molar-refractivity contribution in [2.45, 2.75) is 33.7 Å². The molecule has 4 heteroatoms. The van der Waals surface area contributed by atoms with Gasteiger partial charge in [-0.1, -0.05) is 19.9 Å². The first-order valence-corrected chi connectivity index (χ1v) is 4.68. The van der Waals surface area contributed by atoms with Crippen molar-refractivity contribution in [3.63, 3.8) is 0 Å². The van der Waals surface area contributed by atoms with Crippen molar-refractivity contribution in [1.29, 1.82) is 0 Å². The molecule has 0 saturated heterocycles. The number of halogens is 1. The Balaban J connectivity index is 0. The quantitative estimate of drug-likeness (QED) is 0.724. The van der Waals surface area contributed by atoms with Crippen LogP contribution < -0.4 is 0 Å². The second kappa shape index (κ2) is 7.83. The number of hydrogen-bond donors (Lipinski definition) is 1. The highest BCUT2D eigenvalue weighted by atomic mass is 35.5. The number of carboxylic acids is 1. The number of likely N-dealkylation sites (N-methyl/N-ethyl adjacent to an activating group) is 1. The topological polar surface area (TPSA) is 40.5 Å². The fraction of sp³-hybridized carbons (Fsp3) is 0.700. The second-order valence-electron chi connectivity index (χ2n) is 3.12. The largest absolute Gasteiger partial charge is 0.478 e. The molecule has 0 heterocycles. The molecule has 0 aliphatic heterocycles. The summed E-state index contributed by atoms with van der Waals surface area (Å²) in [4.78, 5) is 12.7.